The standard InChI is InChI=1S/C12H20O3/c1-5-6-11(13)15-12(4)7-10(12)8-14-9(2)3/h5-6,9-10H,7-8H2,1-4H3/b6-5-. The van der Waals surface area contributed by atoms with Crippen molar-refractivity contribution >= 4 is 5.97 Å². The first kappa shape index (κ1) is 12.2. The second-order valence-electron chi connectivity index (χ2n) is 4.52. The molecule has 0 heterocycles. The average molecular weight is 212 g/mol. The van der Waals surface area contributed by atoms with E-state index in [4.69, 9.17) is 9.47 Å². The minimum atomic E-state index is -0.300. The van der Waals surface area contributed by atoms with Crippen LogP contribution in [-0.2, 0) is 14.3 Å². The highest BCUT2D eigenvalue weighted by Gasteiger charge is 2.53. The van der Waals surface area contributed by atoms with Crippen molar-refractivity contribution in [2.24, 2.45) is 5.92 Å². The molecular weight excluding hydrogens is 192 g/mol. The third-order valence-electron chi connectivity index (χ3n) is 2.62. The molecule has 1 aliphatic rings. The molecule has 0 aromatic heterocycles. The molecule has 2 atom stereocenters. The summed E-state index contributed by atoms with van der Waals surface area (Å²) >= 11 is 0. The first-order valence-electron chi connectivity index (χ1n) is 5.45. The van der Waals surface area contributed by atoms with Gasteiger partial charge < -0.3 is 9.47 Å². The molecule has 0 aliphatic heterocycles. The van der Waals surface area contributed by atoms with Crippen molar-refractivity contribution < 1.29 is 14.3 Å². The highest BCUT2D eigenvalue weighted by molar-refractivity contribution is 5.82. The lowest BCUT2D eigenvalue weighted by molar-refractivity contribution is -0.145. The first-order valence-corrected chi connectivity index (χ1v) is 5.45. The van der Waals surface area contributed by atoms with Crippen LogP contribution >= 0.6 is 0 Å². The Morgan fingerprint density at radius 2 is 2.27 bits per heavy atom. The zero-order chi connectivity index (χ0) is 11.5. The molecule has 0 radical (unpaired) electrons. The summed E-state index contributed by atoms with van der Waals surface area (Å²) in [5.41, 5.74) is -0.300. The quantitative estimate of drug-likeness (QED) is 0.518. The lowest BCUT2D eigenvalue weighted by Gasteiger charge is -2.13. The Hall–Kier alpha value is -0.830. The highest BCUT2D eigenvalue weighted by Crippen LogP contribution is 2.46. The van der Waals surface area contributed by atoms with Gasteiger partial charge in [0.05, 0.1) is 12.7 Å². The normalized spacial score (nSPS) is 29.8. The Morgan fingerprint density at radius 1 is 1.60 bits per heavy atom. The molecule has 0 amide bonds. The van der Waals surface area contributed by atoms with Gasteiger partial charge in [0.25, 0.3) is 0 Å². The highest BCUT2D eigenvalue weighted by atomic mass is 16.6. The van der Waals surface area contributed by atoms with Crippen LogP contribution in [0.25, 0.3) is 0 Å². The lowest BCUT2D eigenvalue weighted by atomic mass is 10.3. The molecule has 0 spiro atoms. The third kappa shape index (κ3) is 3.67. The topological polar surface area (TPSA) is 35.5 Å². The number of hydrogen-bond donors (Lipinski definition) is 0. The smallest absolute Gasteiger partial charge is 0.330 e. The van der Waals surface area contributed by atoms with Crippen LogP contribution in [0.4, 0.5) is 0 Å². The number of carbonyl (C=O) groups is 1. The number of allylic oxidation sites excluding steroid dienone is 1. The molecule has 0 N–H and O–H groups in total. The summed E-state index contributed by atoms with van der Waals surface area (Å²) in [6, 6.07) is 0. The molecule has 1 rings (SSSR count). The zero-order valence-corrected chi connectivity index (χ0v) is 9.95. The van der Waals surface area contributed by atoms with Crippen molar-refractivity contribution in [2.45, 2.75) is 45.8 Å². The second kappa shape index (κ2) is 4.79. The summed E-state index contributed by atoms with van der Waals surface area (Å²) in [6.45, 7) is 8.45. The molecule has 1 aliphatic carbocycles. The van der Waals surface area contributed by atoms with Crippen LogP contribution in [0.2, 0.25) is 0 Å². The number of carbonyl (C=O) groups excluding carboxylic acids is 1. The molecule has 0 saturated heterocycles. The molecule has 0 aromatic rings. The van der Waals surface area contributed by atoms with Crippen molar-refractivity contribution in [1.29, 1.82) is 0 Å². The Bertz CT molecular complexity index is 258. The van der Waals surface area contributed by atoms with E-state index in [0.717, 1.165) is 6.42 Å². The molecule has 0 aromatic carbocycles. The van der Waals surface area contributed by atoms with Gasteiger partial charge in [-0.15, -0.1) is 0 Å². The zero-order valence-electron chi connectivity index (χ0n) is 9.95. The van der Waals surface area contributed by atoms with Gasteiger partial charge in [-0.2, -0.15) is 0 Å². The van der Waals surface area contributed by atoms with Crippen LogP contribution in [0.5, 0.6) is 0 Å². The van der Waals surface area contributed by atoms with E-state index in [9.17, 15) is 4.79 Å². The van der Waals surface area contributed by atoms with Crippen LogP contribution in [-0.4, -0.2) is 24.3 Å². The summed E-state index contributed by atoms with van der Waals surface area (Å²) < 4.78 is 10.8. The SMILES string of the molecule is C/C=C\C(=O)OC1(C)CC1COC(C)C. The summed E-state index contributed by atoms with van der Waals surface area (Å²) in [5, 5.41) is 0. The van der Waals surface area contributed by atoms with Gasteiger partial charge in [0.15, 0.2) is 0 Å². The molecule has 2 unspecified atom stereocenters. The van der Waals surface area contributed by atoms with E-state index < -0.39 is 0 Å². The molecule has 1 fully saturated rings. The van der Waals surface area contributed by atoms with Crippen molar-refractivity contribution in [3.05, 3.63) is 12.2 Å². The number of rotatable bonds is 5. The maximum atomic E-state index is 11.2. The van der Waals surface area contributed by atoms with Crippen LogP contribution in [0.15, 0.2) is 12.2 Å². The van der Waals surface area contributed by atoms with E-state index in [0.29, 0.717) is 12.5 Å². The number of ether oxygens (including phenoxy) is 2. The van der Waals surface area contributed by atoms with Gasteiger partial charge in [-0.1, -0.05) is 6.08 Å². The fourth-order valence-electron chi connectivity index (χ4n) is 1.50. The van der Waals surface area contributed by atoms with Crippen LogP contribution < -0.4 is 0 Å². The second-order valence-corrected chi connectivity index (χ2v) is 4.52. The summed E-state index contributed by atoms with van der Waals surface area (Å²) in [7, 11) is 0. The summed E-state index contributed by atoms with van der Waals surface area (Å²) in [6.07, 6.45) is 4.28. The molecule has 1 saturated carbocycles. The van der Waals surface area contributed by atoms with E-state index in [1.54, 1.807) is 13.0 Å². The Kier molecular flexibility index (Phi) is 3.91. The van der Waals surface area contributed by atoms with Gasteiger partial charge in [-0.25, -0.2) is 4.79 Å². The molecule has 15 heavy (non-hydrogen) atoms. The summed E-state index contributed by atoms with van der Waals surface area (Å²) in [5.74, 6) is 0.0983. The van der Waals surface area contributed by atoms with Crippen molar-refractivity contribution in [3.63, 3.8) is 0 Å². The minimum Gasteiger partial charge on any atom is -0.456 e. The van der Waals surface area contributed by atoms with Gasteiger partial charge in [-0.3, -0.25) is 0 Å². The lowest BCUT2D eigenvalue weighted by Crippen LogP contribution is -2.19. The maximum Gasteiger partial charge on any atom is 0.330 e. The van der Waals surface area contributed by atoms with E-state index >= 15 is 0 Å². The predicted octanol–water partition coefficient (Wildman–Crippen LogP) is 2.31. The fraction of sp³-hybridized carbons (Fsp3) is 0.750. The van der Waals surface area contributed by atoms with Crippen LogP contribution in [0, 0.1) is 5.92 Å². The van der Waals surface area contributed by atoms with Gasteiger partial charge in [0.2, 0.25) is 0 Å². The minimum absolute atomic E-state index is 0.237. The van der Waals surface area contributed by atoms with Crippen LogP contribution in [0.3, 0.4) is 0 Å². The van der Waals surface area contributed by atoms with Crippen molar-refractivity contribution in [1.82, 2.24) is 0 Å². The van der Waals surface area contributed by atoms with E-state index in [1.807, 2.05) is 20.8 Å². The summed E-state index contributed by atoms with van der Waals surface area (Å²) in [4.78, 5) is 11.2. The molecule has 0 bridgehead atoms. The molecule has 3 heteroatoms. The van der Waals surface area contributed by atoms with Crippen LogP contribution in [0.1, 0.15) is 34.1 Å². The predicted molar refractivity (Wildman–Crippen MR) is 58.5 cm³/mol. The first-order chi connectivity index (χ1) is 6.98. The molecule has 3 nitrogen and oxygen atoms in total. The average Bonchev–Trinajstić information content (AvgIpc) is 2.73. The van der Waals surface area contributed by atoms with Gasteiger partial charge in [0, 0.05) is 12.0 Å². The monoisotopic (exact) mass is 212 g/mol. The van der Waals surface area contributed by atoms with Gasteiger partial charge >= 0.3 is 5.97 Å². The van der Waals surface area contributed by atoms with Gasteiger partial charge in [0.1, 0.15) is 5.60 Å². The van der Waals surface area contributed by atoms with E-state index in [2.05, 4.69) is 0 Å². The van der Waals surface area contributed by atoms with E-state index in [1.165, 1.54) is 6.08 Å². The Balaban J connectivity index is 2.29. The largest absolute Gasteiger partial charge is 0.456 e. The Labute approximate surface area is 91.4 Å². The van der Waals surface area contributed by atoms with Crippen molar-refractivity contribution in [2.75, 3.05) is 6.61 Å². The Morgan fingerprint density at radius 3 is 2.80 bits per heavy atom. The number of esters is 1. The van der Waals surface area contributed by atoms with Gasteiger partial charge in [-0.05, 0) is 34.1 Å². The third-order valence-corrected chi connectivity index (χ3v) is 2.62. The van der Waals surface area contributed by atoms with Crippen molar-refractivity contribution in [3.8, 4) is 0 Å². The fourth-order valence-corrected chi connectivity index (χ4v) is 1.50. The molecular formula is C12H20O3. The molecule has 86 valence electrons. The maximum absolute atomic E-state index is 11.2. The van der Waals surface area contributed by atoms with E-state index in [-0.39, 0.29) is 17.7 Å². The number of hydrogen-bond acceptors (Lipinski definition) is 3.